The normalized spacial score (nSPS) is 13.9. The second kappa shape index (κ2) is 6.89. The van der Waals surface area contributed by atoms with Crippen LogP contribution in [0.3, 0.4) is 0 Å². The van der Waals surface area contributed by atoms with Gasteiger partial charge in [-0.15, -0.1) is 0 Å². The number of carbonyl (C=O) groups is 1. The molecule has 1 atom stereocenters. The molecule has 0 heterocycles. The Morgan fingerprint density at radius 2 is 1.88 bits per heavy atom. The first-order chi connectivity index (χ1) is 7.34. The largest absolute Gasteiger partial charge is 0.355 e. The first-order valence-corrected chi connectivity index (χ1v) is 6.26. The van der Waals surface area contributed by atoms with Crippen LogP contribution in [-0.2, 0) is 4.79 Å². The van der Waals surface area contributed by atoms with Crippen LogP contribution >= 0.6 is 0 Å². The minimum atomic E-state index is 0.0673. The van der Waals surface area contributed by atoms with Gasteiger partial charge in [-0.3, -0.25) is 4.79 Å². The summed E-state index contributed by atoms with van der Waals surface area (Å²) >= 11 is 0. The monoisotopic (exact) mass is 228 g/mol. The van der Waals surface area contributed by atoms with Gasteiger partial charge in [0.15, 0.2) is 0 Å². The van der Waals surface area contributed by atoms with Crippen LogP contribution in [0.15, 0.2) is 0 Å². The van der Waals surface area contributed by atoms with Crippen molar-refractivity contribution >= 4 is 5.91 Å². The van der Waals surface area contributed by atoms with E-state index in [1.165, 1.54) is 0 Å². The fourth-order valence-electron chi connectivity index (χ4n) is 1.43. The molecule has 0 aliphatic rings. The fraction of sp³-hybridized carbons (Fsp3) is 0.923. The van der Waals surface area contributed by atoms with Gasteiger partial charge in [0.25, 0.3) is 0 Å². The molecule has 0 spiro atoms. The minimum Gasteiger partial charge on any atom is -0.355 e. The lowest BCUT2D eigenvalue weighted by molar-refractivity contribution is -0.126. The van der Waals surface area contributed by atoms with Crippen LogP contribution in [0, 0.1) is 17.3 Å². The molecular weight excluding hydrogens is 200 g/mol. The maximum atomic E-state index is 12.0. The van der Waals surface area contributed by atoms with Gasteiger partial charge in [0.2, 0.25) is 5.91 Å². The van der Waals surface area contributed by atoms with Crippen LogP contribution in [0.2, 0.25) is 0 Å². The zero-order valence-electron chi connectivity index (χ0n) is 11.7. The predicted octanol–water partition coefficient (Wildman–Crippen LogP) is 2.03. The Morgan fingerprint density at radius 3 is 2.25 bits per heavy atom. The second-order valence-corrected chi connectivity index (χ2v) is 5.64. The summed E-state index contributed by atoms with van der Waals surface area (Å²) in [5.74, 6) is 0.612. The maximum absolute atomic E-state index is 12.0. The van der Waals surface area contributed by atoms with E-state index in [1.807, 2.05) is 7.05 Å². The lowest BCUT2D eigenvalue weighted by Crippen LogP contribution is -2.42. The lowest BCUT2D eigenvalue weighted by Gasteiger charge is -2.26. The third kappa shape index (κ3) is 5.50. The van der Waals surface area contributed by atoms with Crippen molar-refractivity contribution < 1.29 is 4.79 Å². The Balaban J connectivity index is 4.21. The molecule has 1 unspecified atom stereocenters. The van der Waals surface area contributed by atoms with Gasteiger partial charge in [-0.05, 0) is 24.8 Å². The summed E-state index contributed by atoms with van der Waals surface area (Å²) in [5.41, 5.74) is 0.191. The summed E-state index contributed by atoms with van der Waals surface area (Å²) in [6.07, 6.45) is 1.08. The molecule has 0 aromatic heterocycles. The van der Waals surface area contributed by atoms with Crippen LogP contribution in [0.4, 0.5) is 0 Å². The molecule has 0 aliphatic heterocycles. The van der Waals surface area contributed by atoms with Gasteiger partial charge in [-0.2, -0.15) is 0 Å². The van der Waals surface area contributed by atoms with E-state index < -0.39 is 0 Å². The van der Waals surface area contributed by atoms with E-state index >= 15 is 0 Å². The zero-order chi connectivity index (χ0) is 12.8. The molecule has 0 radical (unpaired) electrons. The van der Waals surface area contributed by atoms with Crippen LogP contribution in [-0.4, -0.2) is 26.0 Å². The molecular formula is C13H28N2O. The quantitative estimate of drug-likeness (QED) is 0.700. The van der Waals surface area contributed by atoms with Gasteiger partial charge < -0.3 is 10.6 Å². The van der Waals surface area contributed by atoms with E-state index in [1.54, 1.807) is 0 Å². The number of rotatable bonds is 7. The smallest absolute Gasteiger partial charge is 0.224 e. The second-order valence-electron chi connectivity index (χ2n) is 5.64. The lowest BCUT2D eigenvalue weighted by atomic mass is 9.89. The molecule has 0 saturated heterocycles. The summed E-state index contributed by atoms with van der Waals surface area (Å²) < 4.78 is 0. The Bertz CT molecular complexity index is 212. The highest BCUT2D eigenvalue weighted by Crippen LogP contribution is 2.18. The van der Waals surface area contributed by atoms with Gasteiger partial charge in [-0.25, -0.2) is 0 Å². The van der Waals surface area contributed by atoms with Crippen molar-refractivity contribution in [1.29, 1.82) is 0 Å². The van der Waals surface area contributed by atoms with Gasteiger partial charge in [-0.1, -0.05) is 34.6 Å². The predicted molar refractivity (Wildman–Crippen MR) is 69.3 cm³/mol. The number of hydrogen-bond acceptors (Lipinski definition) is 2. The third-order valence-electron chi connectivity index (χ3n) is 3.26. The number of amides is 1. The Morgan fingerprint density at radius 1 is 1.31 bits per heavy atom. The minimum absolute atomic E-state index is 0.0673. The van der Waals surface area contributed by atoms with Crippen molar-refractivity contribution in [3.8, 4) is 0 Å². The number of carbonyl (C=O) groups excluding carboxylic acids is 1. The highest BCUT2D eigenvalue weighted by molar-refractivity contribution is 5.79. The first-order valence-electron chi connectivity index (χ1n) is 6.26. The van der Waals surface area contributed by atoms with Gasteiger partial charge in [0, 0.05) is 13.1 Å². The highest BCUT2D eigenvalue weighted by Gasteiger charge is 2.23. The molecule has 2 N–H and O–H groups in total. The molecule has 0 rings (SSSR count). The zero-order valence-corrected chi connectivity index (χ0v) is 11.7. The molecule has 3 heteroatoms. The standard InChI is InChI=1S/C13H28N2O/c1-7-13(4,5)9-15-12(16)11(8-14-6)10(2)3/h10-11,14H,7-9H2,1-6H3,(H,15,16). The van der Waals surface area contributed by atoms with Crippen molar-refractivity contribution in [3.05, 3.63) is 0 Å². The average Bonchev–Trinajstić information content (AvgIpc) is 2.22. The molecule has 0 saturated carbocycles. The Kier molecular flexibility index (Phi) is 6.65. The molecule has 0 aromatic carbocycles. The molecule has 16 heavy (non-hydrogen) atoms. The summed E-state index contributed by atoms with van der Waals surface area (Å²) in [6, 6.07) is 0. The van der Waals surface area contributed by atoms with E-state index in [0.29, 0.717) is 5.92 Å². The summed E-state index contributed by atoms with van der Waals surface area (Å²) in [5, 5.41) is 6.14. The van der Waals surface area contributed by atoms with E-state index in [2.05, 4.69) is 45.3 Å². The first kappa shape index (κ1) is 15.4. The molecule has 3 nitrogen and oxygen atoms in total. The van der Waals surface area contributed by atoms with Crippen LogP contribution < -0.4 is 10.6 Å². The highest BCUT2D eigenvalue weighted by atomic mass is 16.1. The van der Waals surface area contributed by atoms with Crippen molar-refractivity contribution in [2.24, 2.45) is 17.3 Å². The maximum Gasteiger partial charge on any atom is 0.224 e. The summed E-state index contributed by atoms with van der Waals surface area (Å²) in [7, 11) is 1.89. The topological polar surface area (TPSA) is 41.1 Å². The Labute approximate surface area is 100 Å². The molecule has 96 valence electrons. The van der Waals surface area contributed by atoms with Crippen molar-refractivity contribution in [3.63, 3.8) is 0 Å². The van der Waals surface area contributed by atoms with Crippen LogP contribution in [0.25, 0.3) is 0 Å². The number of nitrogens with one attached hydrogen (secondary N) is 2. The van der Waals surface area contributed by atoms with Crippen LogP contribution in [0.1, 0.15) is 41.0 Å². The summed E-state index contributed by atoms with van der Waals surface area (Å²) in [6.45, 7) is 12.2. The van der Waals surface area contributed by atoms with E-state index in [0.717, 1.165) is 19.5 Å². The Hall–Kier alpha value is -0.570. The molecule has 0 fully saturated rings. The molecule has 0 bridgehead atoms. The van der Waals surface area contributed by atoms with Gasteiger partial charge >= 0.3 is 0 Å². The number of hydrogen-bond donors (Lipinski definition) is 2. The average molecular weight is 228 g/mol. The molecule has 0 aromatic rings. The van der Waals surface area contributed by atoms with Gasteiger partial charge in [0.1, 0.15) is 0 Å². The SMILES string of the molecule is CCC(C)(C)CNC(=O)C(CNC)C(C)C. The van der Waals surface area contributed by atoms with Crippen molar-refractivity contribution in [2.45, 2.75) is 41.0 Å². The van der Waals surface area contributed by atoms with E-state index in [-0.39, 0.29) is 17.2 Å². The van der Waals surface area contributed by atoms with Crippen molar-refractivity contribution in [1.82, 2.24) is 10.6 Å². The molecule has 1 amide bonds. The summed E-state index contributed by atoms with van der Waals surface area (Å²) in [4.78, 5) is 12.0. The van der Waals surface area contributed by atoms with E-state index in [4.69, 9.17) is 0 Å². The van der Waals surface area contributed by atoms with Crippen LogP contribution in [0.5, 0.6) is 0 Å². The molecule has 0 aliphatic carbocycles. The fourth-order valence-corrected chi connectivity index (χ4v) is 1.43. The van der Waals surface area contributed by atoms with E-state index in [9.17, 15) is 4.79 Å². The van der Waals surface area contributed by atoms with Gasteiger partial charge in [0.05, 0.1) is 5.92 Å². The third-order valence-corrected chi connectivity index (χ3v) is 3.26. The van der Waals surface area contributed by atoms with Crippen molar-refractivity contribution in [2.75, 3.05) is 20.1 Å².